The van der Waals surface area contributed by atoms with Gasteiger partial charge in [0.1, 0.15) is 5.82 Å². The van der Waals surface area contributed by atoms with Crippen LogP contribution in [0.4, 0.5) is 13.2 Å². The number of aromatic nitrogens is 2. The summed E-state index contributed by atoms with van der Waals surface area (Å²) < 4.78 is 41.1. The standard InChI is InChI=1S/C18H15ClF3N5/c1-2-17-25-15-9-13(18(20,21)22)14(19)10-16(15)27(17)12-5-3-11(4-6-12)7-8-24-26-23/h3-6,9-10H,2,7-8H2,1H3. The van der Waals surface area contributed by atoms with E-state index in [-0.39, 0.29) is 10.5 Å². The first-order valence-corrected chi connectivity index (χ1v) is 8.61. The van der Waals surface area contributed by atoms with Crippen molar-refractivity contribution in [3.63, 3.8) is 0 Å². The van der Waals surface area contributed by atoms with E-state index in [9.17, 15) is 13.2 Å². The van der Waals surface area contributed by atoms with Crippen LogP contribution in [0, 0.1) is 0 Å². The molecule has 0 bridgehead atoms. The second-order valence-electron chi connectivity index (χ2n) is 5.91. The monoisotopic (exact) mass is 393 g/mol. The van der Waals surface area contributed by atoms with Gasteiger partial charge in [0.25, 0.3) is 0 Å². The summed E-state index contributed by atoms with van der Waals surface area (Å²) in [5, 5.41) is 3.15. The molecule has 1 heterocycles. The Morgan fingerprint density at radius 2 is 1.93 bits per heavy atom. The normalized spacial score (nSPS) is 11.6. The first kappa shape index (κ1) is 19.1. The van der Waals surface area contributed by atoms with Crippen LogP contribution in [0.25, 0.3) is 27.2 Å². The molecule has 5 nitrogen and oxygen atoms in total. The Balaban J connectivity index is 2.08. The Morgan fingerprint density at radius 3 is 2.52 bits per heavy atom. The van der Waals surface area contributed by atoms with Crippen molar-refractivity contribution >= 4 is 22.6 Å². The topological polar surface area (TPSA) is 66.6 Å². The Bertz CT molecular complexity index is 1020. The summed E-state index contributed by atoms with van der Waals surface area (Å²) in [5.74, 6) is 0.641. The molecule has 0 atom stereocenters. The van der Waals surface area contributed by atoms with Crippen LogP contribution in [0.3, 0.4) is 0 Å². The Hall–Kier alpha value is -2.70. The van der Waals surface area contributed by atoms with Gasteiger partial charge in [-0.2, -0.15) is 13.2 Å². The number of benzene rings is 2. The first-order chi connectivity index (χ1) is 12.8. The summed E-state index contributed by atoms with van der Waals surface area (Å²) >= 11 is 5.90. The lowest BCUT2D eigenvalue weighted by atomic mass is 10.1. The van der Waals surface area contributed by atoms with Gasteiger partial charge in [-0.1, -0.05) is 35.8 Å². The molecule has 0 amide bonds. The molecule has 140 valence electrons. The summed E-state index contributed by atoms with van der Waals surface area (Å²) in [6.07, 6.45) is -3.38. The molecular weight excluding hydrogens is 379 g/mol. The zero-order valence-corrected chi connectivity index (χ0v) is 15.1. The summed E-state index contributed by atoms with van der Waals surface area (Å²) in [4.78, 5) is 7.07. The van der Waals surface area contributed by atoms with E-state index in [1.54, 1.807) is 4.57 Å². The number of halogens is 4. The summed E-state index contributed by atoms with van der Waals surface area (Å²) in [6, 6.07) is 9.79. The maximum Gasteiger partial charge on any atom is 0.417 e. The number of aryl methyl sites for hydroxylation is 1. The van der Waals surface area contributed by atoms with Crippen LogP contribution in [-0.4, -0.2) is 16.1 Å². The number of imidazole rings is 1. The number of fused-ring (bicyclic) bond motifs is 1. The molecule has 0 saturated carbocycles. The predicted octanol–water partition coefficient (Wildman–Crippen LogP) is 6.11. The van der Waals surface area contributed by atoms with Crippen molar-refractivity contribution in [3.8, 4) is 5.69 Å². The number of hydrogen-bond acceptors (Lipinski definition) is 2. The summed E-state index contributed by atoms with van der Waals surface area (Å²) in [6.45, 7) is 2.25. The van der Waals surface area contributed by atoms with Crippen LogP contribution >= 0.6 is 11.6 Å². The molecule has 3 aromatic rings. The molecule has 27 heavy (non-hydrogen) atoms. The average molecular weight is 394 g/mol. The molecule has 0 spiro atoms. The first-order valence-electron chi connectivity index (χ1n) is 8.23. The van der Waals surface area contributed by atoms with Crippen molar-refractivity contribution in [1.29, 1.82) is 0 Å². The lowest BCUT2D eigenvalue weighted by Gasteiger charge is -2.11. The highest BCUT2D eigenvalue weighted by Crippen LogP contribution is 2.37. The van der Waals surface area contributed by atoms with Gasteiger partial charge in [-0.15, -0.1) is 0 Å². The largest absolute Gasteiger partial charge is 0.417 e. The quantitative estimate of drug-likeness (QED) is 0.293. The van der Waals surface area contributed by atoms with Crippen molar-refractivity contribution < 1.29 is 13.2 Å². The van der Waals surface area contributed by atoms with E-state index < -0.39 is 11.7 Å². The number of hydrogen-bond donors (Lipinski definition) is 0. The third-order valence-electron chi connectivity index (χ3n) is 4.19. The fraction of sp³-hybridized carbons (Fsp3) is 0.278. The van der Waals surface area contributed by atoms with E-state index in [1.165, 1.54) is 6.07 Å². The van der Waals surface area contributed by atoms with E-state index in [1.807, 2.05) is 31.2 Å². The Morgan fingerprint density at radius 1 is 1.22 bits per heavy atom. The van der Waals surface area contributed by atoms with E-state index in [0.29, 0.717) is 30.7 Å². The van der Waals surface area contributed by atoms with Crippen LogP contribution in [-0.2, 0) is 19.0 Å². The van der Waals surface area contributed by atoms with Crippen LogP contribution in [0.5, 0.6) is 0 Å². The molecular formula is C18H15ClF3N5. The van der Waals surface area contributed by atoms with Gasteiger partial charge in [0, 0.05) is 23.6 Å². The number of nitrogens with zero attached hydrogens (tertiary/aromatic N) is 5. The van der Waals surface area contributed by atoms with Gasteiger partial charge in [0.05, 0.1) is 21.6 Å². The second-order valence-corrected chi connectivity index (χ2v) is 6.31. The smallest absolute Gasteiger partial charge is 0.296 e. The average Bonchev–Trinajstić information content (AvgIpc) is 2.98. The van der Waals surface area contributed by atoms with Crippen molar-refractivity contribution in [2.75, 3.05) is 6.54 Å². The molecule has 0 aliphatic carbocycles. The highest BCUT2D eigenvalue weighted by atomic mass is 35.5. The van der Waals surface area contributed by atoms with Gasteiger partial charge in [-0.25, -0.2) is 4.98 Å². The van der Waals surface area contributed by atoms with E-state index in [2.05, 4.69) is 15.0 Å². The van der Waals surface area contributed by atoms with Crippen LogP contribution < -0.4 is 0 Å². The van der Waals surface area contributed by atoms with Crippen LogP contribution in [0.2, 0.25) is 5.02 Å². The Labute approximate surface area is 158 Å². The maximum absolute atomic E-state index is 13.1. The molecule has 0 saturated heterocycles. The van der Waals surface area contributed by atoms with E-state index >= 15 is 0 Å². The molecule has 2 aromatic carbocycles. The maximum atomic E-state index is 13.1. The van der Waals surface area contributed by atoms with Crippen molar-refractivity contribution in [2.24, 2.45) is 5.11 Å². The molecule has 1 aromatic heterocycles. The van der Waals surface area contributed by atoms with Gasteiger partial charge < -0.3 is 0 Å². The number of alkyl halides is 3. The fourth-order valence-electron chi connectivity index (χ4n) is 2.93. The highest BCUT2D eigenvalue weighted by Gasteiger charge is 2.34. The van der Waals surface area contributed by atoms with Gasteiger partial charge in [-0.05, 0) is 41.8 Å². The van der Waals surface area contributed by atoms with Gasteiger partial charge >= 0.3 is 6.18 Å². The van der Waals surface area contributed by atoms with Crippen LogP contribution in [0.1, 0.15) is 23.9 Å². The van der Waals surface area contributed by atoms with Crippen molar-refractivity contribution in [3.05, 3.63) is 68.8 Å². The summed E-state index contributed by atoms with van der Waals surface area (Å²) in [7, 11) is 0. The van der Waals surface area contributed by atoms with Crippen molar-refractivity contribution in [2.45, 2.75) is 25.9 Å². The molecule has 0 radical (unpaired) electrons. The van der Waals surface area contributed by atoms with Gasteiger partial charge in [-0.3, -0.25) is 4.57 Å². The zero-order chi connectivity index (χ0) is 19.6. The third-order valence-corrected chi connectivity index (χ3v) is 4.51. The molecule has 0 aliphatic rings. The Kier molecular flexibility index (Phi) is 5.30. The molecule has 9 heteroatoms. The van der Waals surface area contributed by atoms with Crippen LogP contribution in [0.15, 0.2) is 41.5 Å². The molecule has 0 N–H and O–H groups in total. The SMILES string of the molecule is CCc1nc2cc(C(F)(F)F)c(Cl)cc2n1-c1ccc(CCN=[N+]=[N-])cc1. The highest BCUT2D eigenvalue weighted by molar-refractivity contribution is 6.32. The minimum atomic E-state index is -4.53. The molecule has 0 unspecified atom stereocenters. The minimum Gasteiger partial charge on any atom is -0.296 e. The van der Waals surface area contributed by atoms with Gasteiger partial charge in [0.15, 0.2) is 0 Å². The van der Waals surface area contributed by atoms with Gasteiger partial charge in [0.2, 0.25) is 0 Å². The summed E-state index contributed by atoms with van der Waals surface area (Å²) in [5.41, 5.74) is 9.97. The lowest BCUT2D eigenvalue weighted by molar-refractivity contribution is -0.137. The predicted molar refractivity (Wildman–Crippen MR) is 98.2 cm³/mol. The van der Waals surface area contributed by atoms with E-state index in [4.69, 9.17) is 17.1 Å². The minimum absolute atomic E-state index is 0.246. The molecule has 0 fully saturated rings. The number of azide groups is 1. The number of rotatable bonds is 5. The second kappa shape index (κ2) is 7.50. The van der Waals surface area contributed by atoms with Crippen molar-refractivity contribution in [1.82, 2.24) is 9.55 Å². The fourth-order valence-corrected chi connectivity index (χ4v) is 3.19. The lowest BCUT2D eigenvalue weighted by Crippen LogP contribution is -2.06. The van der Waals surface area contributed by atoms with E-state index in [0.717, 1.165) is 17.3 Å². The molecule has 0 aliphatic heterocycles. The molecule has 3 rings (SSSR count). The third kappa shape index (κ3) is 3.86. The zero-order valence-electron chi connectivity index (χ0n) is 14.3.